The van der Waals surface area contributed by atoms with Gasteiger partial charge in [-0.3, -0.25) is 4.79 Å². The summed E-state index contributed by atoms with van der Waals surface area (Å²) >= 11 is 1.70. The van der Waals surface area contributed by atoms with Crippen LogP contribution in [-0.4, -0.2) is 33.5 Å². The highest BCUT2D eigenvalue weighted by molar-refractivity contribution is 7.98. The maximum Gasteiger partial charge on any atom is 0.237 e. The predicted molar refractivity (Wildman–Crippen MR) is 115 cm³/mol. The Labute approximate surface area is 170 Å². The molecule has 0 spiro atoms. The Hall–Kier alpha value is -2.02. The van der Waals surface area contributed by atoms with E-state index in [1.165, 1.54) is 5.56 Å². The van der Waals surface area contributed by atoms with E-state index in [0.717, 1.165) is 28.9 Å². The first-order chi connectivity index (χ1) is 12.7. The van der Waals surface area contributed by atoms with Crippen molar-refractivity contribution in [1.29, 1.82) is 0 Å². The third-order valence-corrected chi connectivity index (χ3v) is 4.98. The molecule has 0 aliphatic heterocycles. The summed E-state index contributed by atoms with van der Waals surface area (Å²) in [6.07, 6.45) is 4.58. The Morgan fingerprint density at radius 1 is 1.19 bits per heavy atom. The number of benzene rings is 2. The Bertz CT molecular complexity index is 866. The third kappa shape index (κ3) is 5.73. The van der Waals surface area contributed by atoms with Crippen LogP contribution in [0.15, 0.2) is 54.9 Å². The molecule has 0 fully saturated rings. The molecule has 0 saturated heterocycles. The molecule has 2 aromatic carbocycles. The van der Waals surface area contributed by atoms with Gasteiger partial charge in [0.15, 0.2) is 0 Å². The second-order valence-electron chi connectivity index (χ2n) is 6.28. The van der Waals surface area contributed by atoms with Gasteiger partial charge in [0.2, 0.25) is 5.91 Å². The summed E-state index contributed by atoms with van der Waals surface area (Å²) in [7, 11) is 0. The molecule has 27 heavy (non-hydrogen) atoms. The molecular formula is C20H25ClN4OS. The molecule has 3 aromatic rings. The van der Waals surface area contributed by atoms with Crippen LogP contribution in [-0.2, 0) is 17.9 Å². The Kier molecular flexibility index (Phi) is 8.16. The number of imidazole rings is 1. The highest BCUT2D eigenvalue weighted by Crippen LogP contribution is 2.14. The highest BCUT2D eigenvalue weighted by Gasteiger charge is 2.12. The van der Waals surface area contributed by atoms with E-state index in [0.29, 0.717) is 13.0 Å². The number of nitrogens with two attached hydrogens (primary N) is 1. The van der Waals surface area contributed by atoms with E-state index in [-0.39, 0.29) is 18.3 Å². The smallest absolute Gasteiger partial charge is 0.237 e. The molecule has 0 unspecified atom stereocenters. The fraction of sp³-hybridized carbons (Fsp3) is 0.300. The van der Waals surface area contributed by atoms with Gasteiger partial charge in [-0.15, -0.1) is 12.4 Å². The van der Waals surface area contributed by atoms with E-state index >= 15 is 0 Å². The number of carbonyl (C=O) groups is 1. The number of aromatic nitrogens is 2. The monoisotopic (exact) mass is 404 g/mol. The average Bonchev–Trinajstić information content (AvgIpc) is 3.08. The summed E-state index contributed by atoms with van der Waals surface area (Å²) in [6, 6.07) is 15.9. The lowest BCUT2D eigenvalue weighted by Gasteiger charge is -2.12. The van der Waals surface area contributed by atoms with Gasteiger partial charge in [-0.25, -0.2) is 4.98 Å². The zero-order valence-electron chi connectivity index (χ0n) is 15.3. The molecule has 0 saturated carbocycles. The average molecular weight is 405 g/mol. The zero-order valence-corrected chi connectivity index (χ0v) is 16.9. The second-order valence-corrected chi connectivity index (χ2v) is 7.27. The number of nitrogens with zero attached hydrogens (tertiary/aromatic N) is 2. The number of hydrogen-bond donors (Lipinski definition) is 2. The van der Waals surface area contributed by atoms with Crippen LogP contribution in [0.1, 0.15) is 17.5 Å². The minimum Gasteiger partial charge on any atom is -0.351 e. The Morgan fingerprint density at radius 2 is 1.89 bits per heavy atom. The number of amides is 1. The van der Waals surface area contributed by atoms with E-state index in [4.69, 9.17) is 5.73 Å². The maximum absolute atomic E-state index is 12.0. The van der Waals surface area contributed by atoms with Crippen molar-refractivity contribution in [3.63, 3.8) is 0 Å². The van der Waals surface area contributed by atoms with E-state index in [1.807, 2.05) is 42.9 Å². The summed E-state index contributed by atoms with van der Waals surface area (Å²) in [5.74, 6) is 0.805. The molecule has 5 nitrogen and oxygen atoms in total. The molecular weight excluding hydrogens is 380 g/mol. The molecule has 144 valence electrons. The number of carbonyl (C=O) groups excluding carboxylic acids is 1. The molecule has 1 amide bonds. The summed E-state index contributed by atoms with van der Waals surface area (Å²) in [6.45, 7) is 1.27. The maximum atomic E-state index is 12.0. The molecule has 3 N–H and O–H groups in total. The van der Waals surface area contributed by atoms with Crippen LogP contribution in [0.5, 0.6) is 0 Å². The Morgan fingerprint density at radius 3 is 2.63 bits per heavy atom. The van der Waals surface area contributed by atoms with Crippen molar-refractivity contribution in [3.8, 4) is 0 Å². The third-order valence-electron chi connectivity index (χ3n) is 4.34. The largest absolute Gasteiger partial charge is 0.351 e. The summed E-state index contributed by atoms with van der Waals surface area (Å²) in [5.41, 5.74) is 10.3. The molecule has 0 aliphatic rings. The van der Waals surface area contributed by atoms with Gasteiger partial charge in [0, 0.05) is 13.1 Å². The lowest BCUT2D eigenvalue weighted by Crippen LogP contribution is -2.40. The van der Waals surface area contributed by atoms with Crippen LogP contribution in [0.2, 0.25) is 0 Å². The first-order valence-corrected chi connectivity index (χ1v) is 10.1. The van der Waals surface area contributed by atoms with Gasteiger partial charge in [0.05, 0.1) is 23.4 Å². The SMILES string of the molecule is CSCC[C@H](N)C(=O)NCc1ccc(Cn2cnc3ccccc32)cc1.Cl. The topological polar surface area (TPSA) is 72.9 Å². The van der Waals surface area contributed by atoms with Crippen LogP contribution >= 0.6 is 24.2 Å². The first kappa shape index (κ1) is 21.3. The van der Waals surface area contributed by atoms with Gasteiger partial charge in [-0.1, -0.05) is 36.4 Å². The van der Waals surface area contributed by atoms with E-state index in [2.05, 4.69) is 33.1 Å². The summed E-state index contributed by atoms with van der Waals surface area (Å²) < 4.78 is 2.14. The van der Waals surface area contributed by atoms with Crippen LogP contribution in [0.25, 0.3) is 11.0 Å². The molecule has 7 heteroatoms. The standard InChI is InChI=1S/C20H24N4OS.ClH/c1-26-11-10-17(21)20(25)22-12-15-6-8-16(9-7-15)13-24-14-23-18-4-2-3-5-19(18)24;/h2-9,14,17H,10-13,21H2,1H3,(H,22,25);1H/t17-;/m0./s1. The van der Waals surface area contributed by atoms with Crippen LogP contribution in [0, 0.1) is 0 Å². The number of fused-ring (bicyclic) bond motifs is 1. The molecule has 0 bridgehead atoms. The van der Waals surface area contributed by atoms with Crippen molar-refractivity contribution in [2.75, 3.05) is 12.0 Å². The van der Waals surface area contributed by atoms with E-state index in [9.17, 15) is 4.79 Å². The number of nitrogens with one attached hydrogen (secondary N) is 1. The van der Waals surface area contributed by atoms with Gasteiger partial charge in [-0.2, -0.15) is 11.8 Å². The highest BCUT2D eigenvalue weighted by atomic mass is 35.5. The fourth-order valence-electron chi connectivity index (χ4n) is 2.79. The number of rotatable bonds is 8. The number of thioether (sulfide) groups is 1. The normalized spacial score (nSPS) is 11.8. The molecule has 0 aliphatic carbocycles. The van der Waals surface area contributed by atoms with Gasteiger partial charge in [0.25, 0.3) is 0 Å². The number of hydrogen-bond acceptors (Lipinski definition) is 4. The first-order valence-electron chi connectivity index (χ1n) is 8.67. The molecule has 1 atom stereocenters. The minimum absolute atomic E-state index is 0. The van der Waals surface area contributed by atoms with Crippen LogP contribution in [0.3, 0.4) is 0 Å². The molecule has 3 rings (SSSR count). The lowest BCUT2D eigenvalue weighted by molar-refractivity contribution is -0.122. The van der Waals surface area contributed by atoms with Gasteiger partial charge < -0.3 is 15.6 Å². The lowest BCUT2D eigenvalue weighted by atomic mass is 10.1. The second kappa shape index (κ2) is 10.3. The van der Waals surface area contributed by atoms with Crippen molar-refractivity contribution in [3.05, 3.63) is 66.0 Å². The summed E-state index contributed by atoms with van der Waals surface area (Å²) in [4.78, 5) is 16.4. The quantitative estimate of drug-likeness (QED) is 0.604. The van der Waals surface area contributed by atoms with Gasteiger partial charge >= 0.3 is 0 Å². The number of halogens is 1. The van der Waals surface area contributed by atoms with Crippen molar-refractivity contribution in [2.45, 2.75) is 25.6 Å². The van der Waals surface area contributed by atoms with Crippen molar-refractivity contribution in [2.24, 2.45) is 5.73 Å². The molecule has 1 heterocycles. The zero-order chi connectivity index (χ0) is 18.4. The fourth-order valence-corrected chi connectivity index (χ4v) is 3.28. The molecule has 0 radical (unpaired) electrons. The summed E-state index contributed by atoms with van der Waals surface area (Å²) in [5, 5.41) is 2.91. The van der Waals surface area contributed by atoms with Crippen molar-refractivity contribution >= 4 is 41.1 Å². The van der Waals surface area contributed by atoms with Crippen LogP contribution < -0.4 is 11.1 Å². The van der Waals surface area contributed by atoms with Gasteiger partial charge in [0.1, 0.15) is 0 Å². The molecule has 1 aromatic heterocycles. The minimum atomic E-state index is -0.434. The number of para-hydroxylation sites is 2. The Balaban J connectivity index is 0.00000261. The predicted octanol–water partition coefficient (Wildman–Crippen LogP) is 3.20. The van der Waals surface area contributed by atoms with Crippen LogP contribution in [0.4, 0.5) is 0 Å². The van der Waals surface area contributed by atoms with Crippen molar-refractivity contribution < 1.29 is 4.79 Å². The van der Waals surface area contributed by atoms with Gasteiger partial charge in [-0.05, 0) is 41.7 Å². The van der Waals surface area contributed by atoms with E-state index in [1.54, 1.807) is 11.8 Å². The van der Waals surface area contributed by atoms with E-state index < -0.39 is 6.04 Å². The van der Waals surface area contributed by atoms with Crippen molar-refractivity contribution in [1.82, 2.24) is 14.9 Å².